The first-order chi connectivity index (χ1) is 20.3. The van der Waals surface area contributed by atoms with Crippen molar-refractivity contribution in [1.29, 1.82) is 0 Å². The van der Waals surface area contributed by atoms with Crippen LogP contribution in [0, 0.1) is 11.6 Å². The van der Waals surface area contributed by atoms with E-state index < -0.39 is 61.6 Å². The van der Waals surface area contributed by atoms with E-state index >= 15 is 4.39 Å². The smallest absolute Gasteiger partial charge is 0.274 e. The summed E-state index contributed by atoms with van der Waals surface area (Å²) in [5, 5.41) is 10.8. The molecule has 2 aliphatic heterocycles. The molecule has 0 bridgehead atoms. The van der Waals surface area contributed by atoms with E-state index in [1.165, 1.54) is 80.6 Å². The lowest BCUT2D eigenvalue weighted by Gasteiger charge is -2.41. The number of benzene rings is 3. The number of β-amino-alcohol motifs (C(OH)–C–C–N with tert-alkyl or cyclic N) is 1. The maximum absolute atomic E-state index is 15.9. The Bertz CT molecular complexity index is 1740. The third-order valence-corrected chi connectivity index (χ3v) is 9.70. The second-order valence-electron chi connectivity index (χ2n) is 10.4. The summed E-state index contributed by atoms with van der Waals surface area (Å²) in [6, 6.07) is 9.72. The van der Waals surface area contributed by atoms with Crippen molar-refractivity contribution in [3.8, 4) is 11.5 Å². The molecule has 14 heteroatoms. The summed E-state index contributed by atoms with van der Waals surface area (Å²) in [4.78, 5) is 30.4. The number of nitrogens with zero attached hydrogens (tertiary/aromatic N) is 3. The Labute approximate surface area is 252 Å². The number of methoxy groups -OCH3 is 2. The van der Waals surface area contributed by atoms with Crippen LogP contribution >= 0.6 is 11.6 Å². The molecule has 1 N–H and O–H groups in total. The molecule has 0 aromatic heterocycles. The lowest BCUT2D eigenvalue weighted by atomic mass is 9.81. The summed E-state index contributed by atoms with van der Waals surface area (Å²) < 4.78 is 70.5. The quantitative estimate of drug-likeness (QED) is 0.421. The van der Waals surface area contributed by atoms with Crippen LogP contribution < -0.4 is 13.8 Å². The molecule has 2 heterocycles. The Morgan fingerprint density at radius 1 is 1.07 bits per heavy atom. The highest BCUT2D eigenvalue weighted by Crippen LogP contribution is 2.54. The summed E-state index contributed by atoms with van der Waals surface area (Å²) in [7, 11) is 0.731. The number of hydrogen-bond donors (Lipinski definition) is 1. The summed E-state index contributed by atoms with van der Waals surface area (Å²) in [5.41, 5.74) is -3.30. The van der Waals surface area contributed by atoms with Gasteiger partial charge in [-0.15, -0.1) is 0 Å². The first-order valence-corrected chi connectivity index (χ1v) is 14.8. The Hall–Kier alpha value is -3.78. The monoisotopic (exact) mass is 635 g/mol. The van der Waals surface area contributed by atoms with Gasteiger partial charge in [0, 0.05) is 42.9 Å². The van der Waals surface area contributed by atoms with Crippen LogP contribution in [0.1, 0.15) is 17.5 Å². The van der Waals surface area contributed by atoms with Crippen LogP contribution in [-0.2, 0) is 25.2 Å². The molecular weight excluding hydrogens is 608 g/mol. The predicted octanol–water partition coefficient (Wildman–Crippen LogP) is 3.14. The van der Waals surface area contributed by atoms with Gasteiger partial charge in [0.05, 0.1) is 32.1 Å². The Kier molecular flexibility index (Phi) is 7.88. The number of likely N-dealkylation sites (N-methyl/N-ethyl adjacent to an activating group) is 1. The van der Waals surface area contributed by atoms with E-state index in [0.29, 0.717) is 4.31 Å². The van der Waals surface area contributed by atoms with Crippen molar-refractivity contribution in [2.24, 2.45) is 0 Å². The molecule has 43 heavy (non-hydrogen) atoms. The van der Waals surface area contributed by atoms with Crippen molar-refractivity contribution in [1.82, 2.24) is 9.80 Å². The van der Waals surface area contributed by atoms with Crippen molar-refractivity contribution in [2.75, 3.05) is 39.2 Å². The molecular formula is C29H28ClF2N3O7S. The minimum absolute atomic E-state index is 0.0595. The van der Waals surface area contributed by atoms with Crippen LogP contribution in [0.3, 0.4) is 0 Å². The van der Waals surface area contributed by atoms with E-state index in [1.807, 2.05) is 0 Å². The molecule has 0 aliphatic carbocycles. The standard InChI is InChI=1S/C29H28ClF2N3O7S/c1-33(2)27(37)23-13-17(36)15-34(23)29(19-6-5-7-21(31)26(19)32)20-12-16(30)8-10-22(20)35(28(29)38)43(39,40)25-11-9-18(41-3)14-24(25)42-4/h5-12,14,17,23,36H,13,15H2,1-4H3/t17-,23+,29?/m1/s1. The zero-order valence-corrected chi connectivity index (χ0v) is 25.1. The van der Waals surface area contributed by atoms with Crippen LogP contribution in [0.2, 0.25) is 5.02 Å². The number of carbonyl (C=O) groups is 2. The molecule has 0 radical (unpaired) electrons. The van der Waals surface area contributed by atoms with Gasteiger partial charge in [-0.3, -0.25) is 14.5 Å². The van der Waals surface area contributed by atoms with Crippen LogP contribution in [0.4, 0.5) is 14.5 Å². The van der Waals surface area contributed by atoms with Gasteiger partial charge in [-0.1, -0.05) is 23.7 Å². The summed E-state index contributed by atoms with van der Waals surface area (Å²) in [6.07, 6.45) is -1.32. The number of aliphatic hydroxyl groups is 1. The Morgan fingerprint density at radius 3 is 2.44 bits per heavy atom. The molecule has 3 aromatic carbocycles. The SMILES string of the molecule is COc1ccc(S(=O)(=O)N2C(=O)C(c3cccc(F)c3F)(N3C[C@H](O)C[C@H]3C(=O)N(C)C)c3cc(Cl)ccc32)c(OC)c1. The maximum atomic E-state index is 15.9. The minimum Gasteiger partial charge on any atom is -0.497 e. The Balaban J connectivity index is 1.87. The third-order valence-electron chi connectivity index (χ3n) is 7.73. The molecule has 1 unspecified atom stereocenters. The second kappa shape index (κ2) is 11.1. The molecule has 0 saturated carbocycles. The van der Waals surface area contributed by atoms with Gasteiger partial charge in [-0.2, -0.15) is 0 Å². The number of hydrogen-bond acceptors (Lipinski definition) is 8. The molecule has 2 aliphatic rings. The van der Waals surface area contributed by atoms with Crippen molar-refractivity contribution in [3.05, 3.63) is 82.4 Å². The number of likely N-dealkylation sites (tertiary alicyclic amines) is 1. The second-order valence-corrected chi connectivity index (χ2v) is 12.5. The highest BCUT2D eigenvalue weighted by atomic mass is 35.5. The highest BCUT2D eigenvalue weighted by molar-refractivity contribution is 7.93. The lowest BCUT2D eigenvalue weighted by Crippen LogP contribution is -2.59. The van der Waals surface area contributed by atoms with Crippen molar-refractivity contribution < 1.29 is 41.4 Å². The average molecular weight is 636 g/mol. The van der Waals surface area contributed by atoms with E-state index in [2.05, 4.69) is 0 Å². The van der Waals surface area contributed by atoms with Gasteiger partial charge in [0.1, 0.15) is 16.4 Å². The number of rotatable bonds is 7. The minimum atomic E-state index is -4.82. The van der Waals surface area contributed by atoms with Gasteiger partial charge in [0.25, 0.3) is 15.9 Å². The predicted molar refractivity (Wildman–Crippen MR) is 153 cm³/mol. The highest BCUT2D eigenvalue weighted by Gasteiger charge is 2.64. The molecule has 3 aromatic rings. The number of ether oxygens (including phenoxy) is 2. The van der Waals surface area contributed by atoms with Crippen LogP contribution in [0.25, 0.3) is 0 Å². The summed E-state index contributed by atoms with van der Waals surface area (Å²) >= 11 is 6.38. The Morgan fingerprint density at radius 2 is 1.79 bits per heavy atom. The fourth-order valence-electron chi connectivity index (χ4n) is 5.86. The van der Waals surface area contributed by atoms with E-state index in [0.717, 1.165) is 12.1 Å². The van der Waals surface area contributed by atoms with Gasteiger partial charge in [0.15, 0.2) is 17.2 Å². The normalized spacial score (nSPS) is 22.0. The lowest BCUT2D eigenvalue weighted by molar-refractivity contribution is -0.138. The average Bonchev–Trinajstić information content (AvgIpc) is 3.48. The number of fused-ring (bicyclic) bond motifs is 1. The van der Waals surface area contributed by atoms with Crippen molar-refractivity contribution in [3.63, 3.8) is 0 Å². The number of amides is 2. The maximum Gasteiger partial charge on any atom is 0.274 e. The topological polar surface area (TPSA) is 117 Å². The van der Waals surface area contributed by atoms with E-state index in [4.69, 9.17) is 21.1 Å². The molecule has 10 nitrogen and oxygen atoms in total. The molecule has 1 saturated heterocycles. The van der Waals surface area contributed by atoms with Crippen molar-refractivity contribution in [2.45, 2.75) is 29.0 Å². The number of halogens is 3. The molecule has 3 atom stereocenters. The van der Waals surface area contributed by atoms with Crippen LogP contribution in [0.15, 0.2) is 59.5 Å². The summed E-state index contributed by atoms with van der Waals surface area (Å²) in [5.74, 6) is -4.36. The van der Waals surface area contributed by atoms with Crippen LogP contribution in [0.5, 0.6) is 11.5 Å². The third kappa shape index (κ3) is 4.62. The van der Waals surface area contributed by atoms with E-state index in [-0.39, 0.29) is 40.7 Å². The van der Waals surface area contributed by atoms with Gasteiger partial charge < -0.3 is 19.5 Å². The molecule has 228 valence electrons. The van der Waals surface area contributed by atoms with Crippen LogP contribution in [-0.4, -0.2) is 82.1 Å². The van der Waals surface area contributed by atoms with Gasteiger partial charge in [0.2, 0.25) is 5.91 Å². The zero-order chi connectivity index (χ0) is 31.4. The number of carbonyl (C=O) groups excluding carboxylic acids is 2. The number of anilines is 1. The van der Waals surface area contributed by atoms with Gasteiger partial charge >= 0.3 is 0 Å². The van der Waals surface area contributed by atoms with E-state index in [9.17, 15) is 27.5 Å². The molecule has 0 spiro atoms. The van der Waals surface area contributed by atoms with Gasteiger partial charge in [-0.05, 0) is 42.8 Å². The molecule has 1 fully saturated rings. The van der Waals surface area contributed by atoms with Gasteiger partial charge in [-0.25, -0.2) is 21.5 Å². The van der Waals surface area contributed by atoms with E-state index in [1.54, 1.807) is 0 Å². The molecule has 2 amide bonds. The first-order valence-electron chi connectivity index (χ1n) is 13.0. The first kappa shape index (κ1) is 30.7. The fourth-order valence-corrected chi connectivity index (χ4v) is 7.64. The fraction of sp³-hybridized carbons (Fsp3) is 0.310. The number of aliphatic hydroxyl groups excluding tert-OH is 1. The largest absolute Gasteiger partial charge is 0.497 e. The summed E-state index contributed by atoms with van der Waals surface area (Å²) in [6.45, 7) is -0.350. The zero-order valence-electron chi connectivity index (χ0n) is 23.5. The molecule has 5 rings (SSSR count). The van der Waals surface area contributed by atoms with Crippen molar-refractivity contribution >= 4 is 39.1 Å². The number of sulfonamides is 1.